The van der Waals surface area contributed by atoms with Crippen molar-refractivity contribution in [2.24, 2.45) is 0 Å². The Labute approximate surface area is 193 Å². The number of anilines is 2. The molecule has 0 saturated heterocycles. The van der Waals surface area contributed by atoms with Crippen LogP contribution < -0.4 is 16.0 Å². The molecule has 0 fully saturated rings. The molecule has 10 heteroatoms. The molecule has 2 heterocycles. The van der Waals surface area contributed by atoms with E-state index in [9.17, 15) is 19.2 Å². The van der Waals surface area contributed by atoms with Crippen LogP contribution in [0.3, 0.4) is 0 Å². The molecule has 0 bridgehead atoms. The van der Waals surface area contributed by atoms with E-state index in [0.717, 1.165) is 16.9 Å². The van der Waals surface area contributed by atoms with E-state index in [1.807, 2.05) is 30.3 Å². The molecule has 0 spiro atoms. The summed E-state index contributed by atoms with van der Waals surface area (Å²) in [6, 6.07) is 15.0. The number of aromatic nitrogens is 1. The van der Waals surface area contributed by atoms with Gasteiger partial charge in [0, 0.05) is 6.42 Å². The van der Waals surface area contributed by atoms with Crippen molar-refractivity contribution < 1.29 is 23.9 Å². The Hall–Kier alpha value is -4.05. The molecule has 0 unspecified atom stereocenters. The number of esters is 1. The standard InChI is InChI=1S/C23H20N4O5S/c1-32-22(31)18-19(13-7-3-2-4-8-13)33-23(27-18)26-17(28)12-11-16-21(30)24-15-10-6-5-9-14(15)20(29)25-16/h2-10,16H,11-12H2,1H3,(H,24,30)(H,25,29)(H,26,27,28)/t16-/m0/s1. The number of nitrogens with one attached hydrogen (secondary N) is 3. The molecule has 0 radical (unpaired) electrons. The molecule has 4 rings (SSSR count). The molecule has 1 aromatic heterocycles. The van der Waals surface area contributed by atoms with Crippen LogP contribution in [-0.4, -0.2) is 41.8 Å². The van der Waals surface area contributed by atoms with E-state index in [-0.39, 0.29) is 29.6 Å². The van der Waals surface area contributed by atoms with E-state index in [2.05, 4.69) is 20.9 Å². The molecule has 3 aromatic rings. The van der Waals surface area contributed by atoms with Gasteiger partial charge in [-0.05, 0) is 24.1 Å². The van der Waals surface area contributed by atoms with Gasteiger partial charge in [-0.3, -0.25) is 14.4 Å². The van der Waals surface area contributed by atoms with E-state index >= 15 is 0 Å². The van der Waals surface area contributed by atoms with Crippen LogP contribution >= 0.6 is 11.3 Å². The molecule has 3 amide bonds. The molecule has 1 aliphatic heterocycles. The fraction of sp³-hybridized carbons (Fsp3) is 0.174. The molecular formula is C23H20N4O5S. The summed E-state index contributed by atoms with van der Waals surface area (Å²) in [5.41, 5.74) is 1.67. The Balaban J connectivity index is 1.43. The van der Waals surface area contributed by atoms with Gasteiger partial charge in [-0.15, -0.1) is 0 Å². The lowest BCUT2D eigenvalue weighted by atomic mass is 10.1. The monoisotopic (exact) mass is 464 g/mol. The van der Waals surface area contributed by atoms with Gasteiger partial charge in [0.1, 0.15) is 6.04 Å². The Kier molecular flexibility index (Phi) is 6.45. The van der Waals surface area contributed by atoms with Gasteiger partial charge >= 0.3 is 5.97 Å². The number of rotatable bonds is 6. The third kappa shape index (κ3) is 4.90. The molecule has 33 heavy (non-hydrogen) atoms. The Morgan fingerprint density at radius 1 is 1.09 bits per heavy atom. The van der Waals surface area contributed by atoms with Crippen molar-refractivity contribution >= 4 is 45.8 Å². The van der Waals surface area contributed by atoms with Crippen LogP contribution in [0.5, 0.6) is 0 Å². The van der Waals surface area contributed by atoms with E-state index < -0.39 is 23.8 Å². The first-order chi connectivity index (χ1) is 16.0. The second-order valence-corrected chi connectivity index (χ2v) is 8.20. The number of ether oxygens (including phenoxy) is 1. The third-order valence-corrected chi connectivity index (χ3v) is 6.02. The number of para-hydroxylation sites is 1. The average molecular weight is 465 g/mol. The molecular weight excluding hydrogens is 444 g/mol. The summed E-state index contributed by atoms with van der Waals surface area (Å²) in [5, 5.41) is 8.27. The van der Waals surface area contributed by atoms with Gasteiger partial charge in [0.2, 0.25) is 11.8 Å². The Morgan fingerprint density at radius 2 is 1.82 bits per heavy atom. The molecule has 1 aliphatic rings. The number of hydrogen-bond donors (Lipinski definition) is 3. The highest BCUT2D eigenvalue weighted by Crippen LogP contribution is 2.33. The summed E-state index contributed by atoms with van der Waals surface area (Å²) in [6.07, 6.45) is 0.0562. The van der Waals surface area contributed by atoms with Crippen LogP contribution in [-0.2, 0) is 14.3 Å². The number of amides is 3. The van der Waals surface area contributed by atoms with Crippen molar-refractivity contribution in [2.45, 2.75) is 18.9 Å². The molecule has 168 valence electrons. The van der Waals surface area contributed by atoms with Crippen molar-refractivity contribution in [3.63, 3.8) is 0 Å². The first-order valence-corrected chi connectivity index (χ1v) is 10.9. The number of nitrogens with zero attached hydrogens (tertiary/aromatic N) is 1. The lowest BCUT2D eigenvalue weighted by Gasteiger charge is -2.13. The number of fused-ring (bicyclic) bond motifs is 1. The number of carbonyl (C=O) groups is 4. The van der Waals surface area contributed by atoms with Crippen LogP contribution in [0.2, 0.25) is 0 Å². The molecule has 0 saturated carbocycles. The van der Waals surface area contributed by atoms with Crippen molar-refractivity contribution in [1.29, 1.82) is 0 Å². The van der Waals surface area contributed by atoms with Crippen LogP contribution in [0.25, 0.3) is 10.4 Å². The Morgan fingerprint density at radius 3 is 2.58 bits per heavy atom. The highest BCUT2D eigenvalue weighted by Gasteiger charge is 2.28. The van der Waals surface area contributed by atoms with Gasteiger partial charge in [0.15, 0.2) is 10.8 Å². The van der Waals surface area contributed by atoms with Gasteiger partial charge in [-0.25, -0.2) is 9.78 Å². The number of thiazole rings is 1. The summed E-state index contributed by atoms with van der Waals surface area (Å²) in [7, 11) is 1.26. The summed E-state index contributed by atoms with van der Waals surface area (Å²) >= 11 is 1.15. The van der Waals surface area contributed by atoms with Crippen molar-refractivity contribution in [3.05, 3.63) is 65.9 Å². The maximum Gasteiger partial charge on any atom is 0.358 e. The van der Waals surface area contributed by atoms with Crippen LogP contribution in [0.1, 0.15) is 33.7 Å². The number of hydrogen-bond acceptors (Lipinski definition) is 7. The average Bonchev–Trinajstić information content (AvgIpc) is 3.20. The van der Waals surface area contributed by atoms with E-state index in [0.29, 0.717) is 16.1 Å². The summed E-state index contributed by atoms with van der Waals surface area (Å²) < 4.78 is 4.81. The first kappa shape index (κ1) is 22.2. The largest absolute Gasteiger partial charge is 0.464 e. The SMILES string of the molecule is COC(=O)c1nc(NC(=O)CC[C@@H]2NC(=O)c3ccccc3NC2=O)sc1-c1ccccc1. The lowest BCUT2D eigenvalue weighted by molar-refractivity contribution is -0.118. The molecule has 0 aliphatic carbocycles. The van der Waals surface area contributed by atoms with E-state index in [1.165, 1.54) is 7.11 Å². The molecule has 2 aromatic carbocycles. The lowest BCUT2D eigenvalue weighted by Crippen LogP contribution is -2.41. The number of carbonyl (C=O) groups excluding carboxylic acids is 4. The summed E-state index contributed by atoms with van der Waals surface area (Å²) in [5.74, 6) is -1.79. The Bertz CT molecular complexity index is 1220. The van der Waals surface area contributed by atoms with Gasteiger partial charge in [-0.2, -0.15) is 0 Å². The fourth-order valence-electron chi connectivity index (χ4n) is 3.37. The maximum atomic E-state index is 12.5. The highest BCUT2D eigenvalue weighted by atomic mass is 32.1. The topological polar surface area (TPSA) is 126 Å². The van der Waals surface area contributed by atoms with Crippen molar-refractivity contribution in [3.8, 4) is 10.4 Å². The minimum atomic E-state index is -0.863. The third-order valence-electron chi connectivity index (χ3n) is 5.00. The van der Waals surface area contributed by atoms with Crippen LogP contribution in [0.4, 0.5) is 10.8 Å². The van der Waals surface area contributed by atoms with Gasteiger partial charge in [0.05, 0.1) is 23.2 Å². The normalized spacial score (nSPS) is 15.0. The predicted molar refractivity (Wildman–Crippen MR) is 123 cm³/mol. The smallest absolute Gasteiger partial charge is 0.358 e. The van der Waals surface area contributed by atoms with Crippen molar-refractivity contribution in [1.82, 2.24) is 10.3 Å². The van der Waals surface area contributed by atoms with E-state index in [4.69, 9.17) is 4.74 Å². The van der Waals surface area contributed by atoms with Crippen LogP contribution in [0.15, 0.2) is 54.6 Å². The molecule has 1 atom stereocenters. The highest BCUT2D eigenvalue weighted by molar-refractivity contribution is 7.19. The minimum Gasteiger partial charge on any atom is -0.464 e. The quantitative estimate of drug-likeness (QED) is 0.481. The van der Waals surface area contributed by atoms with Gasteiger partial charge in [-0.1, -0.05) is 53.8 Å². The van der Waals surface area contributed by atoms with Gasteiger partial charge in [0.25, 0.3) is 5.91 Å². The maximum absolute atomic E-state index is 12.5. The second kappa shape index (κ2) is 9.61. The minimum absolute atomic E-state index is 0.0392. The molecule has 3 N–H and O–H groups in total. The summed E-state index contributed by atoms with van der Waals surface area (Å²) in [6.45, 7) is 0. The number of benzene rings is 2. The number of methoxy groups -OCH3 is 1. The van der Waals surface area contributed by atoms with E-state index in [1.54, 1.807) is 24.3 Å². The molecule has 9 nitrogen and oxygen atoms in total. The fourth-order valence-corrected chi connectivity index (χ4v) is 4.34. The predicted octanol–water partition coefficient (Wildman–Crippen LogP) is 3.07. The zero-order valence-corrected chi connectivity index (χ0v) is 18.4. The summed E-state index contributed by atoms with van der Waals surface area (Å²) in [4.78, 5) is 54.4. The van der Waals surface area contributed by atoms with Gasteiger partial charge < -0.3 is 20.7 Å². The first-order valence-electron chi connectivity index (χ1n) is 10.1. The van der Waals surface area contributed by atoms with Crippen molar-refractivity contribution in [2.75, 3.05) is 17.7 Å². The second-order valence-electron chi connectivity index (χ2n) is 7.20. The zero-order chi connectivity index (χ0) is 23.4. The zero-order valence-electron chi connectivity index (χ0n) is 17.6. The van der Waals surface area contributed by atoms with Crippen LogP contribution in [0, 0.1) is 0 Å².